The number of benzene rings is 1. The van der Waals surface area contributed by atoms with Gasteiger partial charge in [-0.3, -0.25) is 4.79 Å². The molecule has 0 heterocycles. The number of amides is 1. The molecule has 0 aliphatic heterocycles. The maximum absolute atomic E-state index is 12.3. The van der Waals surface area contributed by atoms with Crippen LogP contribution in [0, 0.1) is 16.7 Å². The minimum absolute atomic E-state index is 0.250. The van der Waals surface area contributed by atoms with E-state index in [0.717, 1.165) is 6.42 Å². The number of carbonyl (C=O) groups is 1. The lowest BCUT2D eigenvalue weighted by molar-refractivity contribution is 0.0950. The highest BCUT2D eigenvalue weighted by atomic mass is 35.5. The Morgan fingerprint density at radius 1 is 1.38 bits per heavy atom. The third-order valence-electron chi connectivity index (χ3n) is 3.48. The molecule has 1 unspecified atom stereocenters. The Balaban J connectivity index is 2.59. The van der Waals surface area contributed by atoms with Gasteiger partial charge in [0, 0.05) is 25.2 Å². The van der Waals surface area contributed by atoms with Crippen LogP contribution in [0.25, 0.3) is 0 Å². The first-order valence-electron chi connectivity index (χ1n) is 7.97. The number of rotatable bonds is 7. The van der Waals surface area contributed by atoms with Gasteiger partial charge in [0.05, 0.1) is 23.3 Å². The summed E-state index contributed by atoms with van der Waals surface area (Å²) >= 11 is 5.96. The summed E-state index contributed by atoms with van der Waals surface area (Å²) in [7, 11) is 1.46. The summed E-state index contributed by atoms with van der Waals surface area (Å²) in [4.78, 5) is 12.3. The molecular weight excluding hydrogens is 326 g/mol. The van der Waals surface area contributed by atoms with Gasteiger partial charge in [-0.1, -0.05) is 32.4 Å². The minimum atomic E-state index is -0.287. The fourth-order valence-electron chi connectivity index (χ4n) is 2.57. The van der Waals surface area contributed by atoms with Gasteiger partial charge < -0.3 is 15.4 Å². The summed E-state index contributed by atoms with van der Waals surface area (Å²) in [5.41, 5.74) is 0.820. The van der Waals surface area contributed by atoms with Gasteiger partial charge in [0.15, 0.2) is 0 Å². The van der Waals surface area contributed by atoms with Gasteiger partial charge in [-0.15, -0.1) is 0 Å². The first-order chi connectivity index (χ1) is 11.2. The van der Waals surface area contributed by atoms with Crippen molar-refractivity contribution in [3.8, 4) is 11.8 Å². The van der Waals surface area contributed by atoms with E-state index in [1.807, 2.05) is 6.07 Å². The normalized spacial score (nSPS) is 12.4. The summed E-state index contributed by atoms with van der Waals surface area (Å²) < 4.78 is 5.18. The number of nitrogens with zero attached hydrogens (tertiary/aromatic N) is 1. The Morgan fingerprint density at radius 2 is 2.04 bits per heavy atom. The van der Waals surface area contributed by atoms with Gasteiger partial charge in [0.2, 0.25) is 0 Å². The van der Waals surface area contributed by atoms with Crippen molar-refractivity contribution in [1.82, 2.24) is 10.6 Å². The summed E-state index contributed by atoms with van der Waals surface area (Å²) in [5, 5.41) is 15.5. The summed E-state index contributed by atoms with van der Waals surface area (Å²) in [6.07, 6.45) is 1.05. The highest BCUT2D eigenvalue weighted by Crippen LogP contribution is 2.26. The van der Waals surface area contributed by atoms with Crippen LogP contribution in [0.1, 0.15) is 50.0 Å². The predicted molar refractivity (Wildman–Crippen MR) is 96.6 cm³/mol. The van der Waals surface area contributed by atoms with E-state index in [0.29, 0.717) is 30.4 Å². The van der Waals surface area contributed by atoms with Crippen LogP contribution in [-0.4, -0.2) is 32.1 Å². The average molecular weight is 352 g/mol. The zero-order valence-corrected chi connectivity index (χ0v) is 15.8. The van der Waals surface area contributed by atoms with Crippen molar-refractivity contribution in [2.75, 3.05) is 20.2 Å². The van der Waals surface area contributed by atoms with Crippen LogP contribution < -0.4 is 15.4 Å². The molecule has 6 heteroatoms. The Kier molecular flexibility index (Phi) is 7.53. The lowest BCUT2D eigenvalue weighted by Gasteiger charge is -2.24. The third kappa shape index (κ3) is 6.38. The highest BCUT2D eigenvalue weighted by molar-refractivity contribution is 6.32. The van der Waals surface area contributed by atoms with Gasteiger partial charge >= 0.3 is 0 Å². The van der Waals surface area contributed by atoms with Gasteiger partial charge in [-0.05, 0) is 24.8 Å². The largest absolute Gasteiger partial charge is 0.496 e. The number of methoxy groups -OCH3 is 1. The van der Waals surface area contributed by atoms with E-state index < -0.39 is 0 Å². The quantitative estimate of drug-likeness (QED) is 0.739. The molecule has 24 heavy (non-hydrogen) atoms. The fraction of sp³-hybridized carbons (Fsp3) is 0.556. The number of ether oxygens (including phenoxy) is 1. The fourth-order valence-corrected chi connectivity index (χ4v) is 2.76. The number of nitriles is 1. The topological polar surface area (TPSA) is 74.1 Å². The van der Waals surface area contributed by atoms with Gasteiger partial charge in [0.1, 0.15) is 11.8 Å². The van der Waals surface area contributed by atoms with E-state index in [1.54, 1.807) is 0 Å². The number of hydrogen-bond acceptors (Lipinski definition) is 4. The number of carbonyl (C=O) groups excluding carboxylic acids is 1. The van der Waals surface area contributed by atoms with Crippen LogP contribution in [0.3, 0.4) is 0 Å². The molecular formula is C18H26ClN3O2. The SMILES string of the molecule is COc1cc(Cl)c(C#N)cc1C(=O)NCCNC(C)CC(C)(C)C. The maximum Gasteiger partial charge on any atom is 0.255 e. The molecule has 0 spiro atoms. The van der Waals surface area contributed by atoms with E-state index in [2.05, 4.69) is 38.3 Å². The molecule has 1 amide bonds. The van der Waals surface area contributed by atoms with E-state index in [-0.39, 0.29) is 21.9 Å². The van der Waals surface area contributed by atoms with E-state index in [1.165, 1.54) is 19.2 Å². The molecule has 1 aromatic carbocycles. The molecule has 0 bridgehead atoms. The minimum Gasteiger partial charge on any atom is -0.496 e. The van der Waals surface area contributed by atoms with Crippen molar-refractivity contribution in [3.63, 3.8) is 0 Å². The van der Waals surface area contributed by atoms with Crippen molar-refractivity contribution >= 4 is 17.5 Å². The molecule has 1 aromatic rings. The summed E-state index contributed by atoms with van der Waals surface area (Å²) in [5.74, 6) is 0.0656. The molecule has 0 aliphatic carbocycles. The molecule has 1 rings (SSSR count). The molecule has 5 nitrogen and oxygen atoms in total. The first kappa shape index (κ1) is 20.3. The molecule has 1 atom stereocenters. The van der Waals surface area contributed by atoms with Crippen LogP contribution >= 0.6 is 11.6 Å². The maximum atomic E-state index is 12.3. The lowest BCUT2D eigenvalue weighted by atomic mass is 9.89. The molecule has 0 fully saturated rings. The van der Waals surface area contributed by atoms with E-state index in [4.69, 9.17) is 21.6 Å². The average Bonchev–Trinajstić information content (AvgIpc) is 2.49. The Morgan fingerprint density at radius 3 is 2.58 bits per heavy atom. The Bertz CT molecular complexity index is 618. The number of nitrogens with one attached hydrogen (secondary N) is 2. The monoisotopic (exact) mass is 351 g/mol. The lowest BCUT2D eigenvalue weighted by Crippen LogP contribution is -2.37. The Hall–Kier alpha value is -1.77. The molecule has 0 saturated carbocycles. The van der Waals surface area contributed by atoms with Crippen LogP contribution in [-0.2, 0) is 0 Å². The van der Waals surface area contributed by atoms with Crippen molar-refractivity contribution in [3.05, 3.63) is 28.3 Å². The summed E-state index contributed by atoms with van der Waals surface area (Å²) in [6, 6.07) is 5.27. The standard InChI is InChI=1S/C18H26ClN3O2/c1-12(10-18(2,3)4)21-6-7-22-17(23)14-8-13(11-20)15(19)9-16(14)24-5/h8-9,12,21H,6-7,10H2,1-5H3,(H,22,23). The van der Waals surface area contributed by atoms with Gasteiger partial charge in [0.25, 0.3) is 5.91 Å². The highest BCUT2D eigenvalue weighted by Gasteiger charge is 2.17. The molecule has 0 aliphatic rings. The predicted octanol–water partition coefficient (Wildman–Crippen LogP) is 3.36. The second-order valence-corrected chi connectivity index (χ2v) is 7.43. The third-order valence-corrected chi connectivity index (χ3v) is 3.79. The van der Waals surface area contributed by atoms with Crippen molar-refractivity contribution in [2.45, 2.75) is 40.2 Å². The second-order valence-electron chi connectivity index (χ2n) is 7.02. The van der Waals surface area contributed by atoms with Crippen LogP contribution in [0.2, 0.25) is 5.02 Å². The smallest absolute Gasteiger partial charge is 0.255 e. The van der Waals surface area contributed by atoms with Crippen molar-refractivity contribution < 1.29 is 9.53 Å². The first-order valence-corrected chi connectivity index (χ1v) is 8.35. The molecule has 0 aromatic heterocycles. The second kappa shape index (κ2) is 8.91. The van der Waals surface area contributed by atoms with E-state index in [9.17, 15) is 4.79 Å². The molecule has 0 saturated heterocycles. The molecule has 132 valence electrons. The van der Waals surface area contributed by atoms with Gasteiger partial charge in [-0.25, -0.2) is 0 Å². The molecule has 2 N–H and O–H groups in total. The van der Waals surface area contributed by atoms with Crippen LogP contribution in [0.4, 0.5) is 0 Å². The van der Waals surface area contributed by atoms with Crippen molar-refractivity contribution in [1.29, 1.82) is 5.26 Å². The van der Waals surface area contributed by atoms with Crippen LogP contribution in [0.15, 0.2) is 12.1 Å². The van der Waals surface area contributed by atoms with Crippen LogP contribution in [0.5, 0.6) is 5.75 Å². The zero-order valence-electron chi connectivity index (χ0n) is 15.0. The summed E-state index contributed by atoms with van der Waals surface area (Å²) in [6.45, 7) is 9.89. The van der Waals surface area contributed by atoms with E-state index >= 15 is 0 Å². The molecule has 0 radical (unpaired) electrons. The Labute approximate surface area is 149 Å². The number of hydrogen-bond donors (Lipinski definition) is 2. The van der Waals surface area contributed by atoms with Gasteiger partial charge in [-0.2, -0.15) is 5.26 Å². The zero-order chi connectivity index (χ0) is 18.3. The number of halogens is 1. The van der Waals surface area contributed by atoms with Crippen molar-refractivity contribution in [2.24, 2.45) is 5.41 Å².